The number of rotatable bonds is 5. The molecule has 3 rings (SSSR count). The first-order valence-corrected chi connectivity index (χ1v) is 9.37. The number of nitrogens with one attached hydrogen (secondary N) is 1. The van der Waals surface area contributed by atoms with Gasteiger partial charge < -0.3 is 11.1 Å². The topological polar surface area (TPSA) is 85.8 Å². The lowest BCUT2D eigenvalue weighted by atomic mass is 9.84. The molecule has 25 heavy (non-hydrogen) atoms. The van der Waals surface area contributed by atoms with E-state index in [2.05, 4.69) is 29.2 Å². The molecule has 2 heterocycles. The second-order valence-corrected chi connectivity index (χ2v) is 7.45. The summed E-state index contributed by atoms with van der Waals surface area (Å²) in [6.45, 7) is 6.51. The van der Waals surface area contributed by atoms with Gasteiger partial charge in [0.2, 0.25) is 0 Å². The molecule has 0 bridgehead atoms. The van der Waals surface area contributed by atoms with Crippen molar-refractivity contribution >= 4 is 16.9 Å². The van der Waals surface area contributed by atoms with Crippen LogP contribution in [0.1, 0.15) is 68.0 Å². The molecule has 1 fully saturated rings. The van der Waals surface area contributed by atoms with Crippen molar-refractivity contribution in [1.82, 2.24) is 20.1 Å². The number of carbonyl (C=O) groups excluding carboxylic acids is 1. The Labute approximate surface area is 149 Å². The molecule has 2 aromatic rings. The summed E-state index contributed by atoms with van der Waals surface area (Å²) in [4.78, 5) is 17.6. The quantitative estimate of drug-likeness (QED) is 0.874. The first-order valence-electron chi connectivity index (χ1n) is 9.37. The third-order valence-corrected chi connectivity index (χ3v) is 5.22. The third-order valence-electron chi connectivity index (χ3n) is 5.22. The summed E-state index contributed by atoms with van der Waals surface area (Å²) in [5, 5.41) is 8.40. The summed E-state index contributed by atoms with van der Waals surface area (Å²) < 4.78 is 1.86. The maximum atomic E-state index is 13.0. The second-order valence-electron chi connectivity index (χ2n) is 7.45. The molecule has 0 aromatic carbocycles. The maximum absolute atomic E-state index is 13.0. The summed E-state index contributed by atoms with van der Waals surface area (Å²) in [6, 6.07) is 2.08. The van der Waals surface area contributed by atoms with Crippen LogP contribution in [0.5, 0.6) is 0 Å². The number of aromatic nitrogens is 3. The predicted molar refractivity (Wildman–Crippen MR) is 99.5 cm³/mol. The van der Waals surface area contributed by atoms with E-state index >= 15 is 0 Å². The van der Waals surface area contributed by atoms with E-state index in [9.17, 15) is 4.79 Å². The van der Waals surface area contributed by atoms with Crippen molar-refractivity contribution in [2.24, 2.45) is 11.7 Å². The van der Waals surface area contributed by atoms with Crippen molar-refractivity contribution in [2.45, 2.75) is 65.0 Å². The van der Waals surface area contributed by atoms with Crippen LogP contribution in [-0.2, 0) is 0 Å². The third kappa shape index (κ3) is 3.68. The van der Waals surface area contributed by atoms with Crippen molar-refractivity contribution in [1.29, 1.82) is 0 Å². The molecule has 1 amide bonds. The van der Waals surface area contributed by atoms with Gasteiger partial charge in [-0.3, -0.25) is 4.79 Å². The van der Waals surface area contributed by atoms with Crippen LogP contribution in [0.15, 0.2) is 12.3 Å². The Hall–Kier alpha value is -1.95. The van der Waals surface area contributed by atoms with E-state index in [1.54, 1.807) is 6.20 Å². The molecule has 6 heteroatoms. The standard InChI is InChI=1S/C19H29N5O/c1-12(2)24-18-16(11-21-24)15(9-13(3)22-18)19(25)23-17(10-20)14-7-5-4-6-8-14/h9,11-12,14,17H,4-8,10,20H2,1-3H3,(H,23,25). The monoisotopic (exact) mass is 343 g/mol. The molecular formula is C19H29N5O. The van der Waals surface area contributed by atoms with E-state index in [-0.39, 0.29) is 18.0 Å². The Morgan fingerprint density at radius 2 is 2.08 bits per heavy atom. The van der Waals surface area contributed by atoms with E-state index in [0.29, 0.717) is 18.0 Å². The van der Waals surface area contributed by atoms with E-state index < -0.39 is 0 Å². The smallest absolute Gasteiger partial charge is 0.252 e. The van der Waals surface area contributed by atoms with Crippen LogP contribution in [0, 0.1) is 12.8 Å². The van der Waals surface area contributed by atoms with Gasteiger partial charge in [-0.1, -0.05) is 19.3 Å². The number of aryl methyl sites for hydroxylation is 1. The second kappa shape index (κ2) is 7.52. The number of amides is 1. The van der Waals surface area contributed by atoms with Gasteiger partial charge in [-0.2, -0.15) is 5.10 Å². The molecule has 1 unspecified atom stereocenters. The molecule has 2 aromatic heterocycles. The van der Waals surface area contributed by atoms with Crippen LogP contribution >= 0.6 is 0 Å². The van der Waals surface area contributed by atoms with Crippen LogP contribution in [0.2, 0.25) is 0 Å². The molecule has 0 radical (unpaired) electrons. The fourth-order valence-corrected chi connectivity index (χ4v) is 3.86. The normalized spacial score (nSPS) is 17.2. The number of pyridine rings is 1. The molecule has 0 saturated heterocycles. The Bertz CT molecular complexity index is 746. The van der Waals surface area contributed by atoms with E-state index in [0.717, 1.165) is 29.6 Å². The van der Waals surface area contributed by atoms with Gasteiger partial charge in [0.05, 0.1) is 17.1 Å². The van der Waals surface area contributed by atoms with Gasteiger partial charge in [0, 0.05) is 24.3 Å². The predicted octanol–water partition coefficient (Wildman–Crippen LogP) is 2.96. The summed E-state index contributed by atoms with van der Waals surface area (Å²) >= 11 is 0. The van der Waals surface area contributed by atoms with Crippen molar-refractivity contribution < 1.29 is 4.79 Å². The Balaban J connectivity index is 1.88. The lowest BCUT2D eigenvalue weighted by Crippen LogP contribution is -2.46. The highest BCUT2D eigenvalue weighted by Crippen LogP contribution is 2.27. The van der Waals surface area contributed by atoms with E-state index in [1.165, 1.54) is 19.3 Å². The summed E-state index contributed by atoms with van der Waals surface area (Å²) in [5.74, 6) is 0.416. The van der Waals surface area contributed by atoms with Gasteiger partial charge in [-0.15, -0.1) is 0 Å². The fourth-order valence-electron chi connectivity index (χ4n) is 3.86. The van der Waals surface area contributed by atoms with E-state index in [1.807, 2.05) is 17.7 Å². The average molecular weight is 343 g/mol. The van der Waals surface area contributed by atoms with Crippen LogP contribution in [0.25, 0.3) is 11.0 Å². The lowest BCUT2D eigenvalue weighted by Gasteiger charge is -2.30. The number of carbonyl (C=O) groups is 1. The minimum absolute atomic E-state index is 0.0384. The van der Waals surface area contributed by atoms with Gasteiger partial charge in [0.1, 0.15) is 0 Å². The van der Waals surface area contributed by atoms with Gasteiger partial charge >= 0.3 is 0 Å². The highest BCUT2D eigenvalue weighted by atomic mass is 16.1. The van der Waals surface area contributed by atoms with Crippen LogP contribution in [0.4, 0.5) is 0 Å². The van der Waals surface area contributed by atoms with Gasteiger partial charge in [-0.25, -0.2) is 9.67 Å². The van der Waals surface area contributed by atoms with Crippen molar-refractivity contribution in [3.8, 4) is 0 Å². The van der Waals surface area contributed by atoms with Crippen LogP contribution in [0.3, 0.4) is 0 Å². The van der Waals surface area contributed by atoms with Crippen molar-refractivity contribution in [3.05, 3.63) is 23.5 Å². The first kappa shape index (κ1) is 17.9. The SMILES string of the molecule is Cc1cc(C(=O)NC(CN)C2CCCCC2)c2cnn(C(C)C)c2n1. The van der Waals surface area contributed by atoms with Crippen LogP contribution < -0.4 is 11.1 Å². The highest BCUT2D eigenvalue weighted by molar-refractivity contribution is 6.05. The lowest BCUT2D eigenvalue weighted by molar-refractivity contribution is 0.0917. The van der Waals surface area contributed by atoms with Crippen LogP contribution in [-0.4, -0.2) is 33.3 Å². The highest BCUT2D eigenvalue weighted by Gasteiger charge is 2.25. The number of hydrogen-bond donors (Lipinski definition) is 2. The zero-order valence-corrected chi connectivity index (χ0v) is 15.5. The van der Waals surface area contributed by atoms with E-state index in [4.69, 9.17) is 5.73 Å². The zero-order valence-electron chi connectivity index (χ0n) is 15.5. The molecule has 6 nitrogen and oxygen atoms in total. The Kier molecular flexibility index (Phi) is 5.37. The number of nitrogens with two attached hydrogens (primary N) is 1. The maximum Gasteiger partial charge on any atom is 0.252 e. The minimum Gasteiger partial charge on any atom is -0.348 e. The molecule has 1 aliphatic carbocycles. The summed E-state index contributed by atoms with van der Waals surface area (Å²) in [5.41, 5.74) is 8.20. The molecular weight excluding hydrogens is 314 g/mol. The number of hydrogen-bond acceptors (Lipinski definition) is 4. The Morgan fingerprint density at radius 3 is 2.72 bits per heavy atom. The number of nitrogens with zero attached hydrogens (tertiary/aromatic N) is 3. The Morgan fingerprint density at radius 1 is 1.36 bits per heavy atom. The molecule has 1 aliphatic rings. The average Bonchev–Trinajstić information content (AvgIpc) is 3.03. The van der Waals surface area contributed by atoms with Crippen molar-refractivity contribution in [2.75, 3.05) is 6.54 Å². The minimum atomic E-state index is -0.0696. The molecule has 136 valence electrons. The molecule has 3 N–H and O–H groups in total. The van der Waals surface area contributed by atoms with Gasteiger partial charge in [0.25, 0.3) is 5.91 Å². The fraction of sp³-hybridized carbons (Fsp3) is 0.632. The van der Waals surface area contributed by atoms with Crippen molar-refractivity contribution in [3.63, 3.8) is 0 Å². The van der Waals surface area contributed by atoms with Gasteiger partial charge in [-0.05, 0) is 45.6 Å². The molecule has 0 spiro atoms. The molecule has 1 atom stereocenters. The largest absolute Gasteiger partial charge is 0.348 e. The van der Waals surface area contributed by atoms with Gasteiger partial charge in [0.15, 0.2) is 5.65 Å². The molecule has 0 aliphatic heterocycles. The number of fused-ring (bicyclic) bond motifs is 1. The first-order chi connectivity index (χ1) is 12.0. The zero-order chi connectivity index (χ0) is 18.0. The summed E-state index contributed by atoms with van der Waals surface area (Å²) in [7, 11) is 0. The molecule has 1 saturated carbocycles. The summed E-state index contributed by atoms with van der Waals surface area (Å²) in [6.07, 6.45) is 7.80.